The quantitative estimate of drug-likeness (QED) is 0.0134. The second kappa shape index (κ2) is 45.9. The van der Waals surface area contributed by atoms with E-state index >= 15 is 4.39 Å². The Balaban J connectivity index is 0.000000200. The molecule has 0 aromatic carbocycles. The number of carbonyl (C=O) groups is 6. The van der Waals surface area contributed by atoms with Crippen molar-refractivity contribution in [3.8, 4) is 0 Å². The number of aromatic nitrogens is 8. The molecule has 0 spiro atoms. The zero-order valence-corrected chi connectivity index (χ0v) is 73.9. The summed E-state index contributed by atoms with van der Waals surface area (Å²) in [7, 11) is -20.3. The SMILES string of the molecule is C1CCC(N=C(NC2CCCCC2)N2CCOCC2)CC1.CC(=O)OC[C@@H](OC(C)=O)C1O[C@@H](OP(=O)(O)O)C(OC(C)=O)[C@@H](C)[C@@H]1C.CC(=O)OC[C@@H](OC(C)=O)C1O[C@@H](OP(=O)(O)OP(=O)(O)OC[C@H]2O[C@@H](n3cnc4c(N)ncnc43)C(O)[C@@H]2F)C(OC(C)=O)[C@@H](C)[C@@H]1C.Nc1ncnc2c1ncn2[C@@H]1O[C@H](COP(=O)(O)N2CCOCC2)[C@@H](F)C1O. The van der Waals surface area contributed by atoms with Gasteiger partial charge in [0.15, 0.2) is 78.1 Å². The molecule has 23 atom stereocenters. The molecule has 6 aliphatic heterocycles. The minimum absolute atomic E-state index is 0.00504. The fourth-order valence-electron chi connectivity index (χ4n) is 15.1. The van der Waals surface area contributed by atoms with Crippen LogP contribution in [0.3, 0.4) is 0 Å². The van der Waals surface area contributed by atoms with Crippen LogP contribution in [0.2, 0.25) is 0 Å². The number of nitrogen functional groups attached to an aromatic ring is 2. The Kier molecular flexibility index (Phi) is 37.3. The van der Waals surface area contributed by atoms with E-state index in [-0.39, 0.29) is 48.1 Å². The Morgan fingerprint density at radius 1 is 0.544 bits per heavy atom. The summed E-state index contributed by atoms with van der Waals surface area (Å²) in [6.07, 6.45) is -5.28. The van der Waals surface area contributed by atoms with E-state index in [1.165, 1.54) is 99.0 Å². The maximum Gasteiger partial charge on any atom is 0.483 e. The van der Waals surface area contributed by atoms with Crippen molar-refractivity contribution in [1.82, 2.24) is 53.9 Å². The van der Waals surface area contributed by atoms with Crippen molar-refractivity contribution in [3.05, 3.63) is 25.3 Å². The number of ether oxygens (including phenoxy) is 12. The molecule has 8 fully saturated rings. The van der Waals surface area contributed by atoms with Crippen LogP contribution in [0.15, 0.2) is 30.3 Å². The van der Waals surface area contributed by atoms with Gasteiger partial charge in [-0.2, -0.15) is 4.31 Å². The van der Waals surface area contributed by atoms with Gasteiger partial charge in [-0.25, -0.2) is 66.6 Å². The van der Waals surface area contributed by atoms with E-state index in [0.29, 0.717) is 30.8 Å². The number of fused-ring (bicyclic) bond motifs is 2. The van der Waals surface area contributed by atoms with Crippen molar-refractivity contribution < 1.29 is 170 Å². The van der Waals surface area contributed by atoms with Gasteiger partial charge in [-0.3, -0.25) is 56.0 Å². The Morgan fingerprint density at radius 2 is 0.968 bits per heavy atom. The van der Waals surface area contributed by atoms with Gasteiger partial charge < -0.3 is 113 Å². The predicted octanol–water partition coefficient (Wildman–Crippen LogP) is 3.58. The summed E-state index contributed by atoms with van der Waals surface area (Å²) in [6.45, 7) is 15.6. The molecule has 2 aliphatic carbocycles. The Hall–Kier alpha value is -7.19. The number of phosphoric acid groups is 3. The van der Waals surface area contributed by atoms with E-state index in [2.05, 4.69) is 49.0 Å². The minimum Gasteiger partial charge on any atom is -0.462 e. The highest BCUT2D eigenvalue weighted by atomic mass is 31.3. The number of aliphatic hydroxyl groups excluding tert-OH is 2. The van der Waals surface area contributed by atoms with Crippen molar-refractivity contribution in [2.24, 2.45) is 28.7 Å². The van der Waals surface area contributed by atoms with Crippen molar-refractivity contribution in [2.75, 3.05) is 90.5 Å². The average molecular weight is 1870 g/mol. The van der Waals surface area contributed by atoms with Gasteiger partial charge in [0.05, 0.1) is 58.3 Å². The largest absolute Gasteiger partial charge is 0.483 e. The molecular weight excluding hydrogens is 1750 g/mol. The van der Waals surface area contributed by atoms with Gasteiger partial charge in [0.2, 0.25) is 12.6 Å². The first-order valence-electron chi connectivity index (χ1n) is 40.4. The molecule has 4 aromatic rings. The second-order valence-electron chi connectivity index (χ2n) is 30.8. The number of halogens is 2. The monoisotopic (exact) mass is 1870 g/mol. The molecule has 2 saturated carbocycles. The van der Waals surface area contributed by atoms with Crippen molar-refractivity contribution in [3.63, 3.8) is 0 Å². The molecule has 12 rings (SSSR count). The number of phosphoric ester groups is 3. The van der Waals surface area contributed by atoms with Crippen LogP contribution in [0.25, 0.3) is 22.3 Å². The first kappa shape index (κ1) is 102. The third-order valence-corrected chi connectivity index (χ3v) is 26.3. The summed E-state index contributed by atoms with van der Waals surface area (Å²) in [5.74, 6) is -5.24. The highest BCUT2D eigenvalue weighted by Gasteiger charge is 2.55. The zero-order valence-electron chi connectivity index (χ0n) is 70.3. The molecule has 125 heavy (non-hydrogen) atoms. The van der Waals surface area contributed by atoms with Crippen LogP contribution in [-0.4, -0.2) is 302 Å². The number of morpholine rings is 2. The first-order valence-corrected chi connectivity index (χ1v) is 46.5. The van der Waals surface area contributed by atoms with Gasteiger partial charge in [-0.1, -0.05) is 66.2 Å². The fraction of sp³-hybridized carbons (Fsp3) is 0.761. The van der Waals surface area contributed by atoms with Crippen LogP contribution in [0.4, 0.5) is 20.4 Å². The molecule has 54 heteroatoms. The van der Waals surface area contributed by atoms with E-state index < -0.39 is 209 Å². The number of nitrogens with zero attached hydrogens (tertiary/aromatic N) is 11. The smallest absolute Gasteiger partial charge is 0.462 e. The number of esters is 6. The summed E-state index contributed by atoms with van der Waals surface area (Å²) in [5, 5.41) is 24.5. The van der Waals surface area contributed by atoms with Crippen molar-refractivity contribution in [1.29, 1.82) is 0 Å². The number of nitrogens with two attached hydrogens (primary N) is 2. The third-order valence-electron chi connectivity index (χ3n) is 21.6. The van der Waals surface area contributed by atoms with Crippen LogP contribution in [-0.2, 0) is 126 Å². The Bertz CT molecular complexity index is 4490. The van der Waals surface area contributed by atoms with Crippen LogP contribution in [0.5, 0.6) is 0 Å². The molecule has 10 heterocycles. The number of imidazole rings is 2. The fourth-order valence-corrected chi connectivity index (χ4v) is 18.8. The molecule has 0 radical (unpaired) electrons. The van der Waals surface area contributed by atoms with E-state index in [1.807, 2.05) is 0 Å². The van der Waals surface area contributed by atoms with E-state index in [1.54, 1.807) is 27.7 Å². The summed E-state index contributed by atoms with van der Waals surface area (Å²) in [5.41, 5.74) is 12.3. The molecule has 704 valence electrons. The molecule has 0 amide bonds. The van der Waals surface area contributed by atoms with E-state index in [9.17, 15) is 76.3 Å². The van der Waals surface area contributed by atoms with Crippen LogP contribution >= 0.6 is 31.2 Å². The molecule has 48 nitrogen and oxygen atoms in total. The minimum atomic E-state index is -5.67. The van der Waals surface area contributed by atoms with Gasteiger partial charge in [0.1, 0.15) is 73.5 Å². The number of rotatable bonds is 27. The summed E-state index contributed by atoms with van der Waals surface area (Å²) in [6, 6.07) is 1.19. The van der Waals surface area contributed by atoms with Crippen LogP contribution in [0.1, 0.15) is 146 Å². The number of hydrogen-bond donors (Lipinski definition) is 10. The van der Waals surface area contributed by atoms with Crippen LogP contribution < -0.4 is 16.8 Å². The highest BCUT2D eigenvalue weighted by Crippen LogP contribution is 2.62. The lowest BCUT2D eigenvalue weighted by molar-refractivity contribution is -0.271. The van der Waals surface area contributed by atoms with Gasteiger partial charge in [-0.05, 0) is 37.5 Å². The lowest BCUT2D eigenvalue weighted by Crippen LogP contribution is -2.56. The summed E-state index contributed by atoms with van der Waals surface area (Å²) in [4.78, 5) is 149. The number of nitrogens with one attached hydrogen (secondary N) is 1. The van der Waals surface area contributed by atoms with Gasteiger partial charge in [0, 0.05) is 85.6 Å². The molecule has 8 aliphatic rings. The number of aliphatic hydroxyl groups is 2. The zero-order chi connectivity index (χ0) is 91.6. The lowest BCUT2D eigenvalue weighted by atomic mass is 9.81. The normalized spacial score (nSPS) is 30.3. The number of alkyl halides is 2. The van der Waals surface area contributed by atoms with Crippen molar-refractivity contribution in [2.45, 2.75) is 244 Å². The topological polar surface area (TPSA) is 639 Å². The standard InChI is InChI=1S/C25H36FN5O16P2.C17H31N3O.C15H25O11P.C14H20FN6O6P/c1-10-11(2)21(43-14(5)34)25(45-20(10)16(42-13(4)33)6-40-12(3)32)46-49(38,39)47-48(36,37)41-7-15-17(26)19(35)24(44-15)31-9-30-18-22(27)28-8-29-23(18)31;1-3-7-15(8-4-1)18-17(20-11-13-21-14-12-20)19-16-9-5-2-6-10-16;1-7-8(2)14(24-11(5)18)15(26-27(19,20)21)25-13(7)12(23-10(4)17)6-22-9(3)16;15-9-8(5-26-28(23,24)20-1-3-25-4-2-20)27-14(11(9)22)21-7-19-10-12(16)17-6-18-13(10)21/h8-11,15-17,19-21,24-25,35H,6-7H2,1-5H3,(H,36,37)(H,38,39)(H2,27,28,29);15-16H,1-14H2,(H,18,19);7-8,12-15H,6H2,1-5H3,(H2,19,20,21);6-9,11,14,22H,1-5H2,(H,23,24)(H2,16,17,18)/t10-,11-,15+,16+,17+,19?,20?,21?,24+,25-;;7-,8-,12+,13?,14?,15-;8-,9-,11?,14-/m0.01/s1. The third kappa shape index (κ3) is 28.9. The average Bonchev–Trinajstić information content (AvgIpc) is 1.49. The molecule has 12 N–H and O–H groups in total. The van der Waals surface area contributed by atoms with Gasteiger partial charge in [-0.15, -0.1) is 0 Å². The number of carbonyl (C=O) groups excluding carboxylic acids is 6. The molecule has 0 bridgehead atoms. The summed E-state index contributed by atoms with van der Waals surface area (Å²) < 4.78 is 170. The molecule has 4 aromatic heterocycles. The highest BCUT2D eigenvalue weighted by molar-refractivity contribution is 7.61. The Labute approximate surface area is 716 Å². The Morgan fingerprint density at radius 3 is 1.39 bits per heavy atom. The molecular formula is C71H112F2N14O34P4. The second-order valence-corrected chi connectivity index (χ2v) is 36.8. The molecule has 6 saturated heterocycles. The molecule has 9 unspecified atom stereocenters. The van der Waals surface area contributed by atoms with E-state index in [0.717, 1.165) is 78.1 Å². The van der Waals surface area contributed by atoms with Crippen LogP contribution in [0, 0.1) is 23.7 Å². The van der Waals surface area contributed by atoms with Gasteiger partial charge >= 0.3 is 67.0 Å². The predicted molar refractivity (Wildman–Crippen MR) is 424 cm³/mol. The summed E-state index contributed by atoms with van der Waals surface area (Å²) >= 11 is 0. The number of hydrogen-bond acceptors (Lipinski definition) is 38. The number of anilines is 2. The number of guanidine groups is 1. The number of aliphatic imine (C=N–C) groups is 1. The maximum atomic E-state index is 15.0. The first-order chi connectivity index (χ1) is 58.9. The van der Waals surface area contributed by atoms with Gasteiger partial charge in [0.25, 0.3) is 0 Å². The van der Waals surface area contributed by atoms with E-state index in [4.69, 9.17) is 96.7 Å². The maximum absolute atomic E-state index is 15.0. The van der Waals surface area contributed by atoms with Crippen molar-refractivity contribution >= 4 is 107 Å². The lowest BCUT2D eigenvalue weighted by Gasteiger charge is -2.45.